The Morgan fingerprint density at radius 3 is 2.50 bits per heavy atom. The number of anilines is 1. The molecule has 164 valence electrons. The minimum Gasteiger partial charge on any atom is -0.492 e. The van der Waals surface area contributed by atoms with Gasteiger partial charge in [0.2, 0.25) is 0 Å². The highest BCUT2D eigenvalue weighted by molar-refractivity contribution is 5.94. The van der Waals surface area contributed by atoms with E-state index in [0.717, 1.165) is 6.42 Å². The number of aliphatic hydroxyl groups excluding tert-OH is 1. The minimum absolute atomic E-state index is 0.0258. The smallest absolute Gasteiger partial charge is 0.329 e. The Labute approximate surface area is 170 Å². The number of hydrogen-bond acceptors (Lipinski definition) is 5. The van der Waals surface area contributed by atoms with Gasteiger partial charge in [-0.3, -0.25) is 14.3 Å². The normalized spacial score (nSPS) is 22.2. The van der Waals surface area contributed by atoms with E-state index in [0.29, 0.717) is 25.8 Å². The van der Waals surface area contributed by atoms with Crippen molar-refractivity contribution in [2.75, 3.05) is 25.1 Å². The van der Waals surface area contributed by atoms with Gasteiger partial charge in [0, 0.05) is 19.1 Å². The average Bonchev–Trinajstić information content (AvgIpc) is 3.52. The molecule has 30 heavy (non-hydrogen) atoms. The standard InChI is InChI=1S/C20H24F3N3O4/c1-3-9-6-7-25(8-11(9)27)16-14(21)12(18(22)23)13-15(17(16)30-2)26(10-4-5-10)20(29)24-19(13)28/h9-11,18,27H,3-8H2,1-2H3,(H,24,28,29). The molecule has 2 aromatic rings. The van der Waals surface area contributed by atoms with Crippen LogP contribution in [-0.4, -0.2) is 41.0 Å². The van der Waals surface area contributed by atoms with Gasteiger partial charge in [-0.05, 0) is 25.2 Å². The molecule has 1 aliphatic heterocycles. The van der Waals surface area contributed by atoms with Crippen molar-refractivity contribution in [2.45, 2.75) is 51.2 Å². The van der Waals surface area contributed by atoms with Crippen LogP contribution in [-0.2, 0) is 0 Å². The number of methoxy groups -OCH3 is 1. The van der Waals surface area contributed by atoms with Gasteiger partial charge in [0.15, 0.2) is 11.6 Å². The first-order valence-corrected chi connectivity index (χ1v) is 10.1. The summed E-state index contributed by atoms with van der Waals surface area (Å²) in [6.45, 7) is 2.31. The van der Waals surface area contributed by atoms with Gasteiger partial charge in [0.05, 0.1) is 24.2 Å². The van der Waals surface area contributed by atoms with E-state index in [4.69, 9.17) is 4.74 Å². The van der Waals surface area contributed by atoms with Crippen LogP contribution in [0.25, 0.3) is 10.9 Å². The lowest BCUT2D eigenvalue weighted by Crippen LogP contribution is -2.44. The number of alkyl halides is 2. The Hall–Kier alpha value is -2.49. The number of H-pyrrole nitrogens is 1. The van der Waals surface area contributed by atoms with Gasteiger partial charge >= 0.3 is 5.69 Å². The van der Waals surface area contributed by atoms with Crippen molar-refractivity contribution >= 4 is 16.6 Å². The number of nitrogens with zero attached hydrogens (tertiary/aromatic N) is 2. The molecule has 1 aliphatic carbocycles. The topological polar surface area (TPSA) is 87.6 Å². The van der Waals surface area contributed by atoms with Crippen molar-refractivity contribution in [3.8, 4) is 5.75 Å². The van der Waals surface area contributed by atoms with Crippen LogP contribution in [0.15, 0.2) is 9.59 Å². The van der Waals surface area contributed by atoms with Crippen LogP contribution in [0.1, 0.15) is 50.6 Å². The van der Waals surface area contributed by atoms with Crippen molar-refractivity contribution in [2.24, 2.45) is 5.92 Å². The highest BCUT2D eigenvalue weighted by Gasteiger charge is 2.37. The molecule has 2 atom stereocenters. The molecule has 4 rings (SSSR count). The van der Waals surface area contributed by atoms with Crippen LogP contribution >= 0.6 is 0 Å². The molecule has 0 spiro atoms. The van der Waals surface area contributed by atoms with Gasteiger partial charge in [-0.2, -0.15) is 0 Å². The average molecular weight is 427 g/mol. The zero-order valence-corrected chi connectivity index (χ0v) is 16.8. The molecule has 2 aliphatic rings. The second-order valence-electron chi connectivity index (χ2n) is 7.96. The van der Waals surface area contributed by atoms with Crippen LogP contribution < -0.4 is 20.9 Å². The van der Waals surface area contributed by atoms with E-state index in [9.17, 15) is 23.5 Å². The lowest BCUT2D eigenvalue weighted by atomic mass is 9.91. The molecule has 1 saturated heterocycles. The van der Waals surface area contributed by atoms with Gasteiger partial charge in [-0.15, -0.1) is 0 Å². The van der Waals surface area contributed by atoms with Gasteiger partial charge in [-0.25, -0.2) is 18.0 Å². The maximum Gasteiger partial charge on any atom is 0.329 e. The summed E-state index contributed by atoms with van der Waals surface area (Å²) in [5.41, 5.74) is -3.23. The van der Waals surface area contributed by atoms with E-state index >= 15 is 4.39 Å². The maximum atomic E-state index is 15.5. The quantitative estimate of drug-likeness (QED) is 0.766. The Morgan fingerprint density at radius 2 is 1.97 bits per heavy atom. The molecule has 0 amide bonds. The number of aromatic amines is 1. The molecular formula is C20H24F3N3O4. The van der Waals surface area contributed by atoms with Crippen molar-refractivity contribution in [1.82, 2.24) is 9.55 Å². The monoisotopic (exact) mass is 427 g/mol. The van der Waals surface area contributed by atoms with Gasteiger partial charge in [0.25, 0.3) is 12.0 Å². The summed E-state index contributed by atoms with van der Waals surface area (Å²) in [4.78, 5) is 28.5. The second-order valence-corrected chi connectivity index (χ2v) is 7.96. The number of ether oxygens (including phenoxy) is 1. The summed E-state index contributed by atoms with van der Waals surface area (Å²) in [5.74, 6) is -1.37. The van der Waals surface area contributed by atoms with Crippen LogP contribution in [0.2, 0.25) is 0 Å². The van der Waals surface area contributed by atoms with Gasteiger partial charge in [-0.1, -0.05) is 13.3 Å². The number of nitrogens with one attached hydrogen (secondary N) is 1. The summed E-state index contributed by atoms with van der Waals surface area (Å²) >= 11 is 0. The molecule has 10 heteroatoms. The van der Waals surface area contributed by atoms with Gasteiger partial charge < -0.3 is 14.7 Å². The van der Waals surface area contributed by atoms with Crippen molar-refractivity contribution in [1.29, 1.82) is 0 Å². The fourth-order valence-electron chi connectivity index (χ4n) is 4.49. The minimum atomic E-state index is -3.28. The first-order valence-electron chi connectivity index (χ1n) is 10.1. The molecule has 0 radical (unpaired) electrons. The highest BCUT2D eigenvalue weighted by Crippen LogP contribution is 2.46. The molecular weight excluding hydrogens is 403 g/mol. The van der Waals surface area contributed by atoms with E-state index in [2.05, 4.69) is 0 Å². The van der Waals surface area contributed by atoms with Crippen LogP contribution in [0, 0.1) is 11.7 Å². The number of fused-ring (bicyclic) bond motifs is 1. The van der Waals surface area contributed by atoms with E-state index in [-0.39, 0.29) is 35.5 Å². The third-order valence-corrected chi connectivity index (χ3v) is 6.18. The van der Waals surface area contributed by atoms with Crippen LogP contribution in [0.5, 0.6) is 5.75 Å². The zero-order chi connectivity index (χ0) is 21.7. The van der Waals surface area contributed by atoms with E-state index in [1.165, 1.54) is 16.6 Å². The Morgan fingerprint density at radius 1 is 1.27 bits per heavy atom. The van der Waals surface area contributed by atoms with Crippen molar-refractivity contribution in [3.63, 3.8) is 0 Å². The van der Waals surface area contributed by atoms with Crippen LogP contribution in [0.3, 0.4) is 0 Å². The summed E-state index contributed by atoms with van der Waals surface area (Å²) in [6, 6.07) is -0.272. The molecule has 1 aromatic heterocycles. The Balaban J connectivity index is 2.06. The molecule has 2 unspecified atom stereocenters. The number of rotatable bonds is 5. The third kappa shape index (κ3) is 3.17. The molecule has 1 saturated carbocycles. The number of aromatic nitrogens is 2. The lowest BCUT2D eigenvalue weighted by molar-refractivity contribution is 0.0903. The first kappa shape index (κ1) is 20.8. The predicted molar refractivity (Wildman–Crippen MR) is 105 cm³/mol. The van der Waals surface area contributed by atoms with Crippen LogP contribution in [0.4, 0.5) is 18.9 Å². The fraction of sp³-hybridized carbons (Fsp3) is 0.600. The predicted octanol–water partition coefficient (Wildman–Crippen LogP) is 2.71. The summed E-state index contributed by atoms with van der Waals surface area (Å²) < 4.78 is 50.1. The van der Waals surface area contributed by atoms with E-state index < -0.39 is 40.5 Å². The maximum absolute atomic E-state index is 15.5. The van der Waals surface area contributed by atoms with E-state index in [1.54, 1.807) is 0 Å². The highest BCUT2D eigenvalue weighted by atomic mass is 19.3. The summed E-state index contributed by atoms with van der Waals surface area (Å²) in [6.07, 6.45) is -1.47. The largest absolute Gasteiger partial charge is 0.492 e. The molecule has 2 N–H and O–H groups in total. The lowest BCUT2D eigenvalue weighted by Gasteiger charge is -2.38. The van der Waals surface area contributed by atoms with E-state index in [1.807, 2.05) is 11.9 Å². The van der Waals surface area contributed by atoms with Crippen molar-refractivity contribution in [3.05, 3.63) is 32.2 Å². The number of aliphatic hydroxyl groups is 1. The van der Waals surface area contributed by atoms with Crippen molar-refractivity contribution < 1.29 is 23.0 Å². The fourth-order valence-corrected chi connectivity index (χ4v) is 4.49. The Bertz CT molecular complexity index is 1090. The number of β-amino-alcohol motifs (C(OH)–C–C–N with tert-alkyl or cyclic N) is 1. The third-order valence-electron chi connectivity index (χ3n) is 6.18. The molecule has 7 nitrogen and oxygen atoms in total. The SMILES string of the molecule is CCC1CCN(c2c(F)c(C(F)F)c3c(=O)[nH]c(=O)n(C4CC4)c3c2OC)CC1O. The number of hydrogen-bond donors (Lipinski definition) is 2. The summed E-state index contributed by atoms with van der Waals surface area (Å²) in [7, 11) is 1.25. The number of benzene rings is 1. The van der Waals surface area contributed by atoms with Gasteiger partial charge in [0.1, 0.15) is 11.2 Å². The first-order chi connectivity index (χ1) is 14.3. The second kappa shape index (κ2) is 7.64. The number of piperidine rings is 1. The molecule has 0 bridgehead atoms. The molecule has 1 aromatic carbocycles. The Kier molecular flexibility index (Phi) is 5.29. The number of halogens is 3. The molecule has 2 heterocycles. The molecule has 2 fully saturated rings. The summed E-state index contributed by atoms with van der Waals surface area (Å²) in [5, 5.41) is 9.85. The zero-order valence-electron chi connectivity index (χ0n) is 16.8.